The third-order valence-corrected chi connectivity index (χ3v) is 5.59. The first-order chi connectivity index (χ1) is 10.5. The van der Waals surface area contributed by atoms with Gasteiger partial charge in [0.1, 0.15) is 0 Å². The van der Waals surface area contributed by atoms with E-state index in [-0.39, 0.29) is 11.8 Å². The van der Waals surface area contributed by atoms with Crippen LogP contribution < -0.4 is 5.32 Å². The van der Waals surface area contributed by atoms with Gasteiger partial charge in [-0.25, -0.2) is 4.98 Å². The van der Waals surface area contributed by atoms with Gasteiger partial charge in [0, 0.05) is 16.8 Å². The maximum absolute atomic E-state index is 11.8. The van der Waals surface area contributed by atoms with Crippen LogP contribution in [0.15, 0.2) is 17.5 Å². The molecular formula is C15H16N2O3S2. The molecule has 1 saturated carbocycles. The third kappa shape index (κ3) is 3.36. The number of hydrogen-bond acceptors (Lipinski definition) is 5. The molecule has 2 N–H and O–H groups in total. The molecule has 7 heteroatoms. The second-order valence-electron chi connectivity index (χ2n) is 5.35. The Bertz CT molecular complexity index is 707. The Balaban J connectivity index is 1.48. The predicted molar refractivity (Wildman–Crippen MR) is 86.1 cm³/mol. The average Bonchev–Trinajstić information content (AvgIpc) is 2.97. The average molecular weight is 336 g/mol. The van der Waals surface area contributed by atoms with Crippen LogP contribution in [0.4, 0.5) is 0 Å². The van der Waals surface area contributed by atoms with Gasteiger partial charge in [-0.05, 0) is 31.9 Å². The van der Waals surface area contributed by atoms with Gasteiger partial charge in [0.2, 0.25) is 5.91 Å². The normalized spacial score (nSPS) is 19.9. The Kier molecular flexibility index (Phi) is 4.26. The summed E-state index contributed by atoms with van der Waals surface area (Å²) in [4.78, 5) is 29.3. The first kappa shape index (κ1) is 15.2. The molecule has 1 aliphatic rings. The van der Waals surface area contributed by atoms with E-state index in [1.165, 1.54) is 4.88 Å². The molecular weight excluding hydrogens is 320 g/mol. The molecule has 1 amide bonds. The van der Waals surface area contributed by atoms with E-state index >= 15 is 0 Å². The van der Waals surface area contributed by atoms with E-state index < -0.39 is 11.9 Å². The highest BCUT2D eigenvalue weighted by atomic mass is 32.1. The van der Waals surface area contributed by atoms with E-state index in [0.717, 1.165) is 22.0 Å². The number of hydrogen-bond donors (Lipinski definition) is 2. The Morgan fingerprint density at radius 2 is 2.23 bits per heavy atom. The zero-order chi connectivity index (χ0) is 15.7. The van der Waals surface area contributed by atoms with Crippen molar-refractivity contribution in [2.24, 2.45) is 11.8 Å². The number of carbonyl (C=O) groups excluding carboxylic acids is 1. The van der Waals surface area contributed by atoms with Crippen molar-refractivity contribution in [3.63, 3.8) is 0 Å². The fourth-order valence-corrected chi connectivity index (χ4v) is 3.98. The first-order valence-corrected chi connectivity index (χ1v) is 8.76. The minimum Gasteiger partial charge on any atom is -0.481 e. The van der Waals surface area contributed by atoms with Crippen LogP contribution in [-0.4, -0.2) is 28.5 Å². The zero-order valence-electron chi connectivity index (χ0n) is 12.0. The molecule has 0 bridgehead atoms. The Hall–Kier alpha value is -1.73. The van der Waals surface area contributed by atoms with Crippen LogP contribution in [0.2, 0.25) is 0 Å². The van der Waals surface area contributed by atoms with Gasteiger partial charge in [-0.3, -0.25) is 9.59 Å². The molecule has 0 aromatic carbocycles. The molecule has 0 spiro atoms. The quantitative estimate of drug-likeness (QED) is 0.850. The molecule has 2 heterocycles. The van der Waals surface area contributed by atoms with E-state index in [2.05, 4.69) is 22.4 Å². The van der Waals surface area contributed by atoms with Crippen molar-refractivity contribution in [2.45, 2.75) is 19.8 Å². The molecule has 3 rings (SSSR count). The fourth-order valence-electron chi connectivity index (χ4n) is 2.32. The third-order valence-electron chi connectivity index (χ3n) is 3.65. The first-order valence-electron chi connectivity index (χ1n) is 7.06. The number of carbonyl (C=O) groups is 2. The lowest BCUT2D eigenvalue weighted by Gasteiger charge is -2.02. The summed E-state index contributed by atoms with van der Waals surface area (Å²) in [6.07, 6.45) is 1.22. The fraction of sp³-hybridized carbons (Fsp3) is 0.400. The number of aromatic nitrogens is 1. The molecule has 0 saturated heterocycles. The second kappa shape index (κ2) is 6.18. The van der Waals surface area contributed by atoms with Gasteiger partial charge in [0.05, 0.1) is 27.4 Å². The summed E-state index contributed by atoms with van der Waals surface area (Å²) in [7, 11) is 0. The summed E-state index contributed by atoms with van der Waals surface area (Å²) >= 11 is 3.31. The molecule has 2 aromatic heterocycles. The number of aliphatic carboxylic acids is 1. The van der Waals surface area contributed by atoms with Crippen molar-refractivity contribution in [1.29, 1.82) is 0 Å². The molecule has 22 heavy (non-hydrogen) atoms. The molecule has 5 nitrogen and oxygen atoms in total. The maximum Gasteiger partial charge on any atom is 0.307 e. The van der Waals surface area contributed by atoms with Gasteiger partial charge >= 0.3 is 5.97 Å². The Morgan fingerprint density at radius 1 is 1.41 bits per heavy atom. The highest BCUT2D eigenvalue weighted by molar-refractivity contribution is 7.16. The number of carboxylic acid groups (broad SMARTS) is 1. The molecule has 116 valence electrons. The topological polar surface area (TPSA) is 79.3 Å². The lowest BCUT2D eigenvalue weighted by Crippen LogP contribution is -2.28. The standard InChI is InChI=1S/C15H16N2O3S2/c1-8-17-12(7-21-8)13-3-2-9(22-13)4-5-16-14(18)10-6-11(10)15(19)20/h2-3,7,10-11H,4-6H2,1H3,(H,16,18)(H,19,20). The van der Waals surface area contributed by atoms with Crippen LogP contribution in [0.25, 0.3) is 10.6 Å². The highest BCUT2D eigenvalue weighted by Gasteiger charge is 2.48. The SMILES string of the molecule is Cc1nc(-c2ccc(CCNC(=O)C3CC3C(=O)O)s2)cs1. The number of rotatable bonds is 6. The Labute approximate surface area is 136 Å². The van der Waals surface area contributed by atoms with Crippen molar-refractivity contribution < 1.29 is 14.7 Å². The number of aryl methyl sites for hydroxylation is 1. The summed E-state index contributed by atoms with van der Waals surface area (Å²) in [5.41, 5.74) is 1.00. The summed E-state index contributed by atoms with van der Waals surface area (Å²) in [5.74, 6) is -1.84. The van der Waals surface area contributed by atoms with Crippen molar-refractivity contribution in [3.8, 4) is 10.6 Å². The molecule has 2 aromatic rings. The minimum atomic E-state index is -0.874. The molecule has 2 unspecified atom stereocenters. The number of nitrogens with zero attached hydrogens (tertiary/aromatic N) is 1. The molecule has 0 radical (unpaired) electrons. The summed E-state index contributed by atoms with van der Waals surface area (Å²) in [6.45, 7) is 2.53. The molecule has 2 atom stereocenters. The second-order valence-corrected chi connectivity index (χ2v) is 7.58. The van der Waals surface area contributed by atoms with Crippen molar-refractivity contribution in [2.75, 3.05) is 6.54 Å². The van der Waals surface area contributed by atoms with Crippen molar-refractivity contribution >= 4 is 34.6 Å². The van der Waals surface area contributed by atoms with Gasteiger partial charge < -0.3 is 10.4 Å². The van der Waals surface area contributed by atoms with Crippen LogP contribution >= 0.6 is 22.7 Å². The van der Waals surface area contributed by atoms with Crippen molar-refractivity contribution in [3.05, 3.63) is 27.4 Å². The van der Waals surface area contributed by atoms with Gasteiger partial charge in [0.25, 0.3) is 0 Å². The number of nitrogens with one attached hydrogen (secondary N) is 1. The van der Waals surface area contributed by atoms with Gasteiger partial charge in [-0.2, -0.15) is 0 Å². The maximum atomic E-state index is 11.8. The van der Waals surface area contributed by atoms with Gasteiger partial charge in [0.15, 0.2) is 0 Å². The summed E-state index contributed by atoms with van der Waals surface area (Å²) < 4.78 is 0. The van der Waals surface area contributed by atoms with E-state index in [1.807, 2.05) is 12.3 Å². The van der Waals surface area contributed by atoms with Crippen LogP contribution in [0, 0.1) is 18.8 Å². The largest absolute Gasteiger partial charge is 0.481 e. The van der Waals surface area contributed by atoms with Crippen LogP contribution in [-0.2, 0) is 16.0 Å². The minimum absolute atomic E-state index is 0.140. The van der Waals surface area contributed by atoms with E-state index in [0.29, 0.717) is 13.0 Å². The molecule has 0 aliphatic heterocycles. The number of thiophene rings is 1. The monoisotopic (exact) mass is 336 g/mol. The Morgan fingerprint density at radius 3 is 2.86 bits per heavy atom. The lowest BCUT2D eigenvalue weighted by molar-refractivity contribution is -0.140. The van der Waals surface area contributed by atoms with Gasteiger partial charge in [-0.1, -0.05) is 0 Å². The number of amides is 1. The van der Waals surface area contributed by atoms with Crippen molar-refractivity contribution in [1.82, 2.24) is 10.3 Å². The van der Waals surface area contributed by atoms with E-state index in [9.17, 15) is 9.59 Å². The van der Waals surface area contributed by atoms with Crippen LogP contribution in [0.1, 0.15) is 16.3 Å². The zero-order valence-corrected chi connectivity index (χ0v) is 13.7. The van der Waals surface area contributed by atoms with E-state index in [1.54, 1.807) is 22.7 Å². The highest BCUT2D eigenvalue weighted by Crippen LogP contribution is 2.38. The van der Waals surface area contributed by atoms with Crippen LogP contribution in [0.3, 0.4) is 0 Å². The smallest absolute Gasteiger partial charge is 0.307 e. The van der Waals surface area contributed by atoms with E-state index in [4.69, 9.17) is 5.11 Å². The number of thiazole rings is 1. The number of carboxylic acids is 1. The molecule has 1 aliphatic carbocycles. The lowest BCUT2D eigenvalue weighted by atomic mass is 10.3. The van der Waals surface area contributed by atoms with Gasteiger partial charge in [-0.15, -0.1) is 22.7 Å². The summed E-state index contributed by atoms with van der Waals surface area (Å²) in [6, 6.07) is 4.11. The summed E-state index contributed by atoms with van der Waals surface area (Å²) in [5, 5.41) is 14.7. The predicted octanol–water partition coefficient (Wildman–Crippen LogP) is 2.56. The molecule has 1 fully saturated rings. The van der Waals surface area contributed by atoms with Crippen LogP contribution in [0.5, 0.6) is 0 Å².